The summed E-state index contributed by atoms with van der Waals surface area (Å²) in [6.45, 7) is 0. The fourth-order valence-corrected chi connectivity index (χ4v) is 9.87. The Kier molecular flexibility index (Phi) is 8.15. The molecule has 10 aromatic carbocycles. The van der Waals surface area contributed by atoms with Gasteiger partial charge in [-0.05, 0) is 93.3 Å². The molecule has 298 valence electrons. The lowest BCUT2D eigenvalue weighted by molar-refractivity contribution is 1.07. The Labute approximate surface area is 368 Å². The second-order valence-electron chi connectivity index (χ2n) is 16.4. The monoisotopic (exact) mass is 815 g/mol. The minimum absolute atomic E-state index is 0.609. The molecular formula is C59H37N5. The highest BCUT2D eigenvalue weighted by Crippen LogP contribution is 2.42. The molecular weight excluding hydrogens is 779 g/mol. The Morgan fingerprint density at radius 2 is 0.844 bits per heavy atom. The number of nitrogens with zero attached hydrogens (tertiary/aromatic N) is 5. The predicted molar refractivity (Wildman–Crippen MR) is 265 cm³/mol. The van der Waals surface area contributed by atoms with Crippen LogP contribution in [0.4, 0.5) is 0 Å². The molecule has 0 amide bonds. The van der Waals surface area contributed by atoms with Crippen LogP contribution in [-0.2, 0) is 0 Å². The van der Waals surface area contributed by atoms with E-state index in [9.17, 15) is 0 Å². The lowest BCUT2D eigenvalue weighted by Gasteiger charge is -2.16. The summed E-state index contributed by atoms with van der Waals surface area (Å²) >= 11 is 0. The van der Waals surface area contributed by atoms with Gasteiger partial charge in [0.25, 0.3) is 0 Å². The van der Waals surface area contributed by atoms with E-state index in [1.807, 2.05) is 18.2 Å². The van der Waals surface area contributed by atoms with Crippen molar-refractivity contribution >= 4 is 65.2 Å². The molecule has 5 nitrogen and oxygen atoms in total. The maximum atomic E-state index is 5.45. The van der Waals surface area contributed by atoms with Gasteiger partial charge in [0, 0.05) is 49.6 Å². The minimum atomic E-state index is 0.609. The van der Waals surface area contributed by atoms with Crippen molar-refractivity contribution < 1.29 is 0 Å². The van der Waals surface area contributed by atoms with Gasteiger partial charge in [0.2, 0.25) is 0 Å². The Morgan fingerprint density at radius 3 is 1.62 bits per heavy atom. The largest absolute Gasteiger partial charge is 0.309 e. The molecule has 0 aliphatic heterocycles. The van der Waals surface area contributed by atoms with Crippen molar-refractivity contribution in [3.8, 4) is 56.7 Å². The van der Waals surface area contributed by atoms with Gasteiger partial charge in [-0.2, -0.15) is 0 Å². The van der Waals surface area contributed by atoms with Crippen molar-refractivity contribution in [2.45, 2.75) is 0 Å². The highest BCUT2D eigenvalue weighted by atomic mass is 15.0. The molecule has 5 heteroatoms. The molecule has 13 rings (SSSR count). The topological polar surface area (TPSA) is 48.5 Å². The molecule has 64 heavy (non-hydrogen) atoms. The molecule has 0 saturated heterocycles. The Hall–Kier alpha value is -8.67. The van der Waals surface area contributed by atoms with Crippen molar-refractivity contribution in [2.75, 3.05) is 0 Å². The molecule has 0 atom stereocenters. The number of fused-ring (bicyclic) bond motifs is 9. The summed E-state index contributed by atoms with van der Waals surface area (Å²) in [6, 6.07) is 79.8. The smallest absolute Gasteiger partial charge is 0.164 e. The van der Waals surface area contributed by atoms with Crippen LogP contribution in [-0.4, -0.2) is 24.1 Å². The van der Waals surface area contributed by atoms with Crippen LogP contribution in [0.1, 0.15) is 0 Å². The summed E-state index contributed by atoms with van der Waals surface area (Å²) in [7, 11) is 0. The molecule has 0 unspecified atom stereocenters. The molecule has 0 N–H and O–H groups in total. The zero-order valence-corrected chi connectivity index (χ0v) is 34.6. The predicted octanol–water partition coefficient (Wildman–Crippen LogP) is 15.0. The van der Waals surface area contributed by atoms with Gasteiger partial charge in [-0.15, -0.1) is 0 Å². The van der Waals surface area contributed by atoms with Crippen LogP contribution in [0, 0.1) is 0 Å². The van der Waals surface area contributed by atoms with Crippen LogP contribution in [0.3, 0.4) is 0 Å². The molecule has 3 aromatic heterocycles. The Bertz CT molecular complexity index is 3940. The first-order valence-corrected chi connectivity index (χ1v) is 21.7. The van der Waals surface area contributed by atoms with E-state index in [1.54, 1.807) is 0 Å². The van der Waals surface area contributed by atoms with Gasteiger partial charge in [0.1, 0.15) is 0 Å². The molecule has 0 fully saturated rings. The lowest BCUT2D eigenvalue weighted by atomic mass is 9.98. The van der Waals surface area contributed by atoms with Crippen molar-refractivity contribution in [3.63, 3.8) is 0 Å². The first kappa shape index (κ1) is 36.0. The van der Waals surface area contributed by atoms with Crippen LogP contribution >= 0.6 is 0 Å². The quantitative estimate of drug-likeness (QED) is 0.168. The summed E-state index contributed by atoms with van der Waals surface area (Å²) < 4.78 is 4.76. The van der Waals surface area contributed by atoms with E-state index >= 15 is 0 Å². The first-order chi connectivity index (χ1) is 31.7. The van der Waals surface area contributed by atoms with Crippen LogP contribution < -0.4 is 0 Å². The Morgan fingerprint density at radius 1 is 0.266 bits per heavy atom. The van der Waals surface area contributed by atoms with Crippen molar-refractivity contribution in [3.05, 3.63) is 224 Å². The maximum absolute atomic E-state index is 5.45. The molecule has 13 aromatic rings. The lowest BCUT2D eigenvalue weighted by Crippen LogP contribution is -2.02. The van der Waals surface area contributed by atoms with Crippen molar-refractivity contribution in [1.82, 2.24) is 24.1 Å². The van der Waals surface area contributed by atoms with Gasteiger partial charge >= 0.3 is 0 Å². The normalized spacial score (nSPS) is 11.8. The van der Waals surface area contributed by atoms with E-state index in [0.717, 1.165) is 72.0 Å². The van der Waals surface area contributed by atoms with Crippen LogP contribution in [0.2, 0.25) is 0 Å². The van der Waals surface area contributed by atoms with Crippen LogP contribution in [0.15, 0.2) is 224 Å². The van der Waals surface area contributed by atoms with Gasteiger partial charge in [-0.1, -0.05) is 164 Å². The van der Waals surface area contributed by atoms with Crippen molar-refractivity contribution in [1.29, 1.82) is 0 Å². The van der Waals surface area contributed by atoms with E-state index in [1.165, 1.54) is 32.3 Å². The average molecular weight is 816 g/mol. The summed E-state index contributed by atoms with van der Waals surface area (Å²) in [5.74, 6) is 1.85. The number of benzene rings is 10. The molecule has 0 spiro atoms. The minimum Gasteiger partial charge on any atom is -0.309 e. The third kappa shape index (κ3) is 5.68. The second kappa shape index (κ2) is 14.5. The van der Waals surface area contributed by atoms with Gasteiger partial charge < -0.3 is 9.13 Å². The zero-order chi connectivity index (χ0) is 42.1. The molecule has 0 bridgehead atoms. The highest BCUT2D eigenvalue weighted by molar-refractivity contribution is 6.23. The summed E-state index contributed by atoms with van der Waals surface area (Å²) in [5.41, 5.74) is 11.6. The van der Waals surface area contributed by atoms with E-state index in [-0.39, 0.29) is 0 Å². The van der Waals surface area contributed by atoms with Gasteiger partial charge in [0.05, 0.1) is 22.1 Å². The van der Waals surface area contributed by atoms with Crippen molar-refractivity contribution in [2.24, 2.45) is 0 Å². The fourth-order valence-electron chi connectivity index (χ4n) is 9.87. The van der Waals surface area contributed by atoms with Gasteiger partial charge in [-0.3, -0.25) is 0 Å². The molecule has 3 heterocycles. The number of aromatic nitrogens is 5. The molecule has 0 radical (unpaired) electrons. The van der Waals surface area contributed by atoms with Crippen LogP contribution in [0.25, 0.3) is 122 Å². The van der Waals surface area contributed by atoms with E-state index in [0.29, 0.717) is 17.5 Å². The SMILES string of the molecule is c1ccc(-c2nc(-c3ccc(-n4c5cc6ccccc6cc5c5c6ccccc6ccc54)cc3-c3ccccc3)nc(-c3cccc4c3c3ccccc3n4-c3ccccc3)n2)cc1. The number of para-hydroxylation sites is 2. The molecule has 0 aliphatic carbocycles. The summed E-state index contributed by atoms with van der Waals surface area (Å²) in [4.78, 5) is 16.0. The summed E-state index contributed by atoms with van der Waals surface area (Å²) in [6.07, 6.45) is 0. The number of hydrogen-bond acceptors (Lipinski definition) is 3. The van der Waals surface area contributed by atoms with Gasteiger partial charge in [-0.25, -0.2) is 15.0 Å². The summed E-state index contributed by atoms with van der Waals surface area (Å²) in [5, 5.41) is 9.62. The number of hydrogen-bond donors (Lipinski definition) is 0. The third-order valence-electron chi connectivity index (χ3n) is 12.7. The average Bonchev–Trinajstić information content (AvgIpc) is 3.89. The Balaban J connectivity index is 1.08. The molecule has 0 saturated carbocycles. The maximum Gasteiger partial charge on any atom is 0.164 e. The van der Waals surface area contributed by atoms with E-state index in [4.69, 9.17) is 15.0 Å². The van der Waals surface area contributed by atoms with Gasteiger partial charge in [0.15, 0.2) is 17.5 Å². The third-order valence-corrected chi connectivity index (χ3v) is 12.7. The fraction of sp³-hybridized carbons (Fsp3) is 0. The second-order valence-corrected chi connectivity index (χ2v) is 16.4. The van der Waals surface area contributed by atoms with E-state index < -0.39 is 0 Å². The van der Waals surface area contributed by atoms with Crippen LogP contribution in [0.5, 0.6) is 0 Å². The first-order valence-electron chi connectivity index (χ1n) is 21.7. The zero-order valence-electron chi connectivity index (χ0n) is 34.6. The highest BCUT2D eigenvalue weighted by Gasteiger charge is 2.22. The molecule has 0 aliphatic rings. The number of rotatable bonds is 6. The standard InChI is InChI=1S/C59H37N5/c1-4-17-38(18-5-1)49-37-44(64-53-34-31-39-19-12-13-26-45(39)55(53)50-35-41-22-10-11-23-42(41)36-54(50)64)32-33-46(49)58-60-57(40-20-6-2-7-21-40)61-59(62-58)48-28-16-30-52-56(48)47-27-14-15-29-51(47)63(52)43-24-8-3-9-25-43/h1-37H. The van der Waals surface area contributed by atoms with E-state index in [2.05, 4.69) is 215 Å².